The van der Waals surface area contributed by atoms with Gasteiger partial charge in [-0.1, -0.05) is 6.07 Å². The van der Waals surface area contributed by atoms with Crippen molar-refractivity contribution < 1.29 is 24.1 Å². The minimum Gasteiger partial charge on any atom is -0.459 e. The van der Waals surface area contributed by atoms with E-state index in [2.05, 4.69) is 16.0 Å². The van der Waals surface area contributed by atoms with Gasteiger partial charge < -0.3 is 28.5 Å². The molecule has 0 spiro atoms. The second kappa shape index (κ2) is 12.0. The van der Waals surface area contributed by atoms with Gasteiger partial charge in [-0.05, 0) is 56.4 Å². The summed E-state index contributed by atoms with van der Waals surface area (Å²) in [5, 5.41) is 13.5. The van der Waals surface area contributed by atoms with Gasteiger partial charge in [0, 0.05) is 57.1 Å². The quantitative estimate of drug-likeness (QED) is 0.399. The molecule has 0 radical (unpaired) electrons. The van der Waals surface area contributed by atoms with Crippen LogP contribution in [0.5, 0.6) is 0 Å². The van der Waals surface area contributed by atoms with Gasteiger partial charge >= 0.3 is 5.97 Å². The second-order valence-electron chi connectivity index (χ2n) is 10.8. The summed E-state index contributed by atoms with van der Waals surface area (Å²) in [4.78, 5) is 30.1. The Morgan fingerprint density at radius 3 is 2.67 bits per heavy atom. The molecule has 2 aliphatic rings. The molecular formula is C29H38N4O6. The standard InChI is InChI=1S/C29H38N4O6/c1-18-12-22(16-32(3)28(18)35)27-31-24-5-4-21(13-25(24)33(27)15-20-6-9-37-10-7-20)14-30-26(19(2)34)29(36)39-23-8-11-38-17-23/h4-5,12-13,16,19-20,23,26,30,34H,6-11,14-15,17H2,1-3H3/t19?,23-,26?/m0/s1. The Labute approximate surface area is 227 Å². The molecule has 5 rings (SSSR count). The van der Waals surface area contributed by atoms with Crippen LogP contribution in [-0.2, 0) is 39.1 Å². The molecule has 3 aromatic rings. The van der Waals surface area contributed by atoms with E-state index in [1.165, 1.54) is 0 Å². The molecular weight excluding hydrogens is 500 g/mol. The van der Waals surface area contributed by atoms with Crippen molar-refractivity contribution in [1.29, 1.82) is 0 Å². The van der Waals surface area contributed by atoms with E-state index >= 15 is 0 Å². The molecule has 0 saturated carbocycles. The molecule has 2 fully saturated rings. The van der Waals surface area contributed by atoms with E-state index in [1.54, 1.807) is 18.5 Å². The molecule has 10 heteroatoms. The molecule has 0 bridgehead atoms. The maximum atomic E-state index is 12.7. The highest BCUT2D eigenvalue weighted by Crippen LogP contribution is 2.29. The number of fused-ring (bicyclic) bond motifs is 1. The van der Waals surface area contributed by atoms with Crippen molar-refractivity contribution in [3.05, 3.63) is 51.9 Å². The first-order chi connectivity index (χ1) is 18.8. The molecule has 4 heterocycles. The number of pyridine rings is 1. The predicted molar refractivity (Wildman–Crippen MR) is 146 cm³/mol. The van der Waals surface area contributed by atoms with E-state index in [0.29, 0.717) is 37.7 Å². The van der Waals surface area contributed by atoms with E-state index in [-0.39, 0.29) is 11.7 Å². The summed E-state index contributed by atoms with van der Waals surface area (Å²) in [7, 11) is 1.76. The Morgan fingerprint density at radius 2 is 1.97 bits per heavy atom. The molecule has 1 aromatic carbocycles. The zero-order valence-corrected chi connectivity index (χ0v) is 22.9. The lowest BCUT2D eigenvalue weighted by atomic mass is 10.00. The van der Waals surface area contributed by atoms with Crippen molar-refractivity contribution in [2.75, 3.05) is 26.4 Å². The highest BCUT2D eigenvalue weighted by atomic mass is 16.6. The third-order valence-corrected chi connectivity index (χ3v) is 7.65. The van der Waals surface area contributed by atoms with E-state index in [9.17, 15) is 14.7 Å². The van der Waals surface area contributed by atoms with Crippen molar-refractivity contribution in [3.63, 3.8) is 0 Å². The highest BCUT2D eigenvalue weighted by Gasteiger charge is 2.29. The number of aliphatic hydroxyl groups is 1. The number of ether oxygens (including phenoxy) is 3. The molecule has 2 unspecified atom stereocenters. The molecule has 2 N–H and O–H groups in total. The lowest BCUT2D eigenvalue weighted by molar-refractivity contribution is -0.154. The van der Waals surface area contributed by atoms with Crippen molar-refractivity contribution in [1.82, 2.24) is 19.4 Å². The van der Waals surface area contributed by atoms with Gasteiger partial charge in [0.05, 0.1) is 30.4 Å². The Bertz CT molecular complexity index is 1340. The summed E-state index contributed by atoms with van der Waals surface area (Å²) in [5.74, 6) is 0.808. The SMILES string of the molecule is Cc1cc(-c2nc3ccc(CNC(C(=O)O[C@H]4CCOC4)C(C)O)cc3n2CC2CCOCC2)cn(C)c1=O. The minimum absolute atomic E-state index is 0.0224. The van der Waals surface area contributed by atoms with E-state index in [4.69, 9.17) is 19.2 Å². The van der Waals surface area contributed by atoms with Crippen molar-refractivity contribution >= 4 is 17.0 Å². The second-order valence-corrected chi connectivity index (χ2v) is 10.8. The number of rotatable bonds is 9. The first kappa shape index (κ1) is 27.5. The van der Waals surface area contributed by atoms with Crippen LogP contribution in [0.3, 0.4) is 0 Å². The third kappa shape index (κ3) is 6.24. The summed E-state index contributed by atoms with van der Waals surface area (Å²) in [6.45, 7) is 7.05. The Kier molecular flexibility index (Phi) is 8.46. The van der Waals surface area contributed by atoms with E-state index in [1.807, 2.05) is 31.3 Å². The number of aryl methyl sites for hydroxylation is 2. The number of aromatic nitrogens is 3. The smallest absolute Gasteiger partial charge is 0.326 e. The number of nitrogens with zero attached hydrogens (tertiary/aromatic N) is 3. The zero-order chi connectivity index (χ0) is 27.5. The fraction of sp³-hybridized carbons (Fsp3) is 0.552. The van der Waals surface area contributed by atoms with Gasteiger partial charge in [-0.3, -0.25) is 14.9 Å². The largest absolute Gasteiger partial charge is 0.459 e. The zero-order valence-electron chi connectivity index (χ0n) is 22.9. The number of hydrogen-bond acceptors (Lipinski definition) is 8. The fourth-order valence-electron chi connectivity index (χ4n) is 5.39. The summed E-state index contributed by atoms with van der Waals surface area (Å²) >= 11 is 0. The van der Waals surface area contributed by atoms with Crippen LogP contribution in [0.15, 0.2) is 35.3 Å². The predicted octanol–water partition coefficient (Wildman–Crippen LogP) is 2.31. The summed E-state index contributed by atoms with van der Waals surface area (Å²) in [5.41, 5.74) is 4.35. The molecule has 10 nitrogen and oxygen atoms in total. The molecule has 0 aliphatic carbocycles. The topological polar surface area (TPSA) is 117 Å². The van der Waals surface area contributed by atoms with Crippen molar-refractivity contribution in [2.45, 2.75) is 64.4 Å². The number of imidazole rings is 1. The van der Waals surface area contributed by atoms with Crippen LogP contribution in [0.25, 0.3) is 22.4 Å². The molecule has 39 heavy (non-hydrogen) atoms. The number of nitrogens with one attached hydrogen (secondary N) is 1. The third-order valence-electron chi connectivity index (χ3n) is 7.65. The number of esters is 1. The lowest BCUT2D eigenvalue weighted by Crippen LogP contribution is -2.46. The van der Waals surface area contributed by atoms with Crippen molar-refractivity contribution in [3.8, 4) is 11.4 Å². The first-order valence-corrected chi connectivity index (χ1v) is 13.7. The highest BCUT2D eigenvalue weighted by molar-refractivity contribution is 5.81. The van der Waals surface area contributed by atoms with E-state index in [0.717, 1.165) is 60.6 Å². The number of benzene rings is 1. The van der Waals surface area contributed by atoms with Crippen molar-refractivity contribution in [2.24, 2.45) is 13.0 Å². The molecule has 2 aliphatic heterocycles. The van der Waals surface area contributed by atoms with Crippen LogP contribution >= 0.6 is 0 Å². The molecule has 2 aromatic heterocycles. The van der Waals surface area contributed by atoms with Gasteiger partial charge in [0.25, 0.3) is 5.56 Å². The molecule has 210 valence electrons. The first-order valence-electron chi connectivity index (χ1n) is 13.7. The number of hydrogen-bond donors (Lipinski definition) is 2. The number of carbonyl (C=O) groups excluding carboxylic acids is 1. The molecule has 2 saturated heterocycles. The van der Waals surface area contributed by atoms with Gasteiger partial charge in [-0.15, -0.1) is 0 Å². The Hall–Kier alpha value is -3.05. The van der Waals surface area contributed by atoms with Crippen LogP contribution in [0.1, 0.15) is 37.3 Å². The lowest BCUT2D eigenvalue weighted by Gasteiger charge is -2.24. The molecule has 3 atom stereocenters. The number of aliphatic hydroxyl groups excluding tert-OH is 1. The van der Waals surface area contributed by atoms with Crippen LogP contribution < -0.4 is 10.9 Å². The van der Waals surface area contributed by atoms with Gasteiger partial charge in [0.15, 0.2) is 0 Å². The maximum absolute atomic E-state index is 12.7. The summed E-state index contributed by atoms with van der Waals surface area (Å²) in [6, 6.07) is 7.10. The van der Waals surface area contributed by atoms with Gasteiger partial charge in [-0.2, -0.15) is 0 Å². The van der Waals surface area contributed by atoms with Gasteiger partial charge in [0.1, 0.15) is 18.0 Å². The van der Waals surface area contributed by atoms with Crippen LogP contribution in [0, 0.1) is 12.8 Å². The summed E-state index contributed by atoms with van der Waals surface area (Å²) < 4.78 is 20.3. The minimum atomic E-state index is -0.915. The average molecular weight is 539 g/mol. The van der Waals surface area contributed by atoms with E-state index < -0.39 is 18.1 Å². The Morgan fingerprint density at radius 1 is 1.21 bits per heavy atom. The van der Waals surface area contributed by atoms with Crippen LogP contribution in [0.4, 0.5) is 0 Å². The van der Waals surface area contributed by atoms with Gasteiger partial charge in [-0.25, -0.2) is 4.98 Å². The monoisotopic (exact) mass is 538 g/mol. The van der Waals surface area contributed by atoms with Crippen LogP contribution in [-0.4, -0.2) is 69.9 Å². The van der Waals surface area contributed by atoms with Gasteiger partial charge in [0.2, 0.25) is 0 Å². The summed E-state index contributed by atoms with van der Waals surface area (Å²) in [6.07, 6.45) is 3.29. The Balaban J connectivity index is 1.43. The van der Waals surface area contributed by atoms with Crippen LogP contribution in [0.2, 0.25) is 0 Å². The average Bonchev–Trinajstić information content (AvgIpc) is 3.55. The normalized spacial score (nSPS) is 19.8. The maximum Gasteiger partial charge on any atom is 0.326 e. The fourth-order valence-corrected chi connectivity index (χ4v) is 5.39. The molecule has 0 amide bonds. The number of carbonyl (C=O) groups is 1.